The maximum atomic E-state index is 7.36. The number of nitrogens with zero attached hydrogens (tertiary/aromatic N) is 4. The largest absolute Gasteiger partial charge is 0.494 e. The number of nitrogens with two attached hydrogens (primary N) is 1. The van der Waals surface area contributed by atoms with Crippen molar-refractivity contribution in [3.05, 3.63) is 30.1 Å². The Morgan fingerprint density at radius 3 is 2.76 bits per heavy atom. The number of methoxy groups -OCH3 is 1. The van der Waals surface area contributed by atoms with Gasteiger partial charge in [-0.3, -0.25) is 5.41 Å². The summed E-state index contributed by atoms with van der Waals surface area (Å²) in [6.45, 7) is 0. The van der Waals surface area contributed by atoms with Crippen molar-refractivity contribution in [2.45, 2.75) is 0 Å². The number of halogens is 1. The van der Waals surface area contributed by atoms with Gasteiger partial charge in [0.2, 0.25) is 0 Å². The molecule has 90 valence electrons. The minimum Gasteiger partial charge on any atom is -0.494 e. The molecule has 1 aromatic heterocycles. The molecule has 0 atom stereocenters. The molecule has 1 heterocycles. The van der Waals surface area contributed by atoms with Crippen LogP contribution in [0.2, 0.25) is 0 Å². The zero-order valence-corrected chi connectivity index (χ0v) is 9.81. The number of nitrogens with one attached hydrogen (secondary N) is 1. The minimum atomic E-state index is -0.0167. The van der Waals surface area contributed by atoms with Gasteiger partial charge in [0.15, 0.2) is 0 Å². The second-order valence-corrected chi connectivity index (χ2v) is 3.05. The molecule has 0 aliphatic heterocycles. The summed E-state index contributed by atoms with van der Waals surface area (Å²) < 4.78 is 6.63. The molecule has 0 saturated heterocycles. The van der Waals surface area contributed by atoms with Gasteiger partial charge in [-0.25, -0.2) is 0 Å². The van der Waals surface area contributed by atoms with E-state index in [0.717, 1.165) is 0 Å². The Balaban J connectivity index is 0.00000144. The van der Waals surface area contributed by atoms with Gasteiger partial charge in [-0.15, -0.1) is 17.5 Å². The monoisotopic (exact) mass is 254 g/mol. The van der Waals surface area contributed by atoms with Gasteiger partial charge in [0.25, 0.3) is 0 Å². The topological polar surface area (TPSA) is 103 Å². The number of hydrogen-bond donors (Lipinski definition) is 2. The Morgan fingerprint density at radius 1 is 1.47 bits per heavy atom. The highest BCUT2D eigenvalue weighted by atomic mass is 35.5. The third-order valence-corrected chi connectivity index (χ3v) is 2.09. The highest BCUT2D eigenvalue weighted by molar-refractivity contribution is 5.95. The van der Waals surface area contributed by atoms with Gasteiger partial charge in [0.1, 0.15) is 23.6 Å². The molecule has 2 rings (SSSR count). The lowest BCUT2D eigenvalue weighted by atomic mass is 10.1. The molecule has 8 heteroatoms. The normalized spacial score (nSPS) is 9.47. The summed E-state index contributed by atoms with van der Waals surface area (Å²) in [6, 6.07) is 5.11. The first-order valence-corrected chi connectivity index (χ1v) is 4.48. The molecule has 0 bridgehead atoms. The molecule has 0 unspecified atom stereocenters. The summed E-state index contributed by atoms with van der Waals surface area (Å²) in [5, 5.41) is 18.2. The van der Waals surface area contributed by atoms with Crippen LogP contribution in [0.25, 0.3) is 5.69 Å². The molecular formula is C9H11ClN6O. The second-order valence-electron chi connectivity index (χ2n) is 3.05. The zero-order chi connectivity index (χ0) is 11.5. The molecule has 0 aliphatic rings. The summed E-state index contributed by atoms with van der Waals surface area (Å²) in [5.41, 5.74) is 6.64. The quantitative estimate of drug-likeness (QED) is 0.609. The minimum absolute atomic E-state index is 0. The van der Waals surface area contributed by atoms with E-state index in [2.05, 4.69) is 15.5 Å². The van der Waals surface area contributed by atoms with Gasteiger partial charge < -0.3 is 10.5 Å². The smallest absolute Gasteiger partial charge is 0.144 e. The molecule has 0 radical (unpaired) electrons. The average molecular weight is 255 g/mol. The number of rotatable bonds is 3. The zero-order valence-electron chi connectivity index (χ0n) is 8.99. The number of amidine groups is 1. The van der Waals surface area contributed by atoms with Crippen molar-refractivity contribution < 1.29 is 4.74 Å². The lowest BCUT2D eigenvalue weighted by Gasteiger charge is -2.08. The Kier molecular flexibility index (Phi) is 4.00. The van der Waals surface area contributed by atoms with E-state index < -0.39 is 0 Å². The van der Waals surface area contributed by atoms with E-state index in [1.807, 2.05) is 0 Å². The van der Waals surface area contributed by atoms with Crippen molar-refractivity contribution in [3.63, 3.8) is 0 Å². The molecule has 0 spiro atoms. The summed E-state index contributed by atoms with van der Waals surface area (Å²) in [7, 11) is 1.55. The van der Waals surface area contributed by atoms with Crippen molar-refractivity contribution in [1.29, 1.82) is 5.41 Å². The molecule has 0 aliphatic carbocycles. The molecule has 2 aromatic rings. The third-order valence-electron chi connectivity index (χ3n) is 2.09. The van der Waals surface area contributed by atoms with Crippen LogP contribution in [-0.4, -0.2) is 33.2 Å². The standard InChI is InChI=1S/C9H10N6O.ClH/c1-16-8-3-2-6(9(10)11)4-7(8)15-5-12-13-14-15;/h2-5H,1H3,(H3,10,11);1H. The fourth-order valence-corrected chi connectivity index (χ4v) is 1.31. The van der Waals surface area contributed by atoms with Crippen LogP contribution in [-0.2, 0) is 0 Å². The van der Waals surface area contributed by atoms with Crippen LogP contribution in [0, 0.1) is 5.41 Å². The number of nitrogen functional groups attached to an aromatic ring is 1. The number of hydrogen-bond acceptors (Lipinski definition) is 5. The van der Waals surface area contributed by atoms with Crippen molar-refractivity contribution >= 4 is 18.2 Å². The van der Waals surface area contributed by atoms with Gasteiger partial charge in [-0.05, 0) is 28.6 Å². The summed E-state index contributed by atoms with van der Waals surface area (Å²) in [5.74, 6) is 0.592. The molecule has 1 aromatic carbocycles. The first-order chi connectivity index (χ1) is 7.72. The Labute approximate surface area is 103 Å². The van der Waals surface area contributed by atoms with E-state index in [9.17, 15) is 0 Å². The van der Waals surface area contributed by atoms with Crippen LogP contribution < -0.4 is 10.5 Å². The van der Waals surface area contributed by atoms with Crippen molar-refractivity contribution in [3.8, 4) is 11.4 Å². The Hall–Kier alpha value is -2.15. The van der Waals surface area contributed by atoms with Crippen molar-refractivity contribution in [2.24, 2.45) is 5.73 Å². The lowest BCUT2D eigenvalue weighted by Crippen LogP contribution is -2.12. The molecule has 0 saturated carbocycles. The van der Waals surface area contributed by atoms with Crippen LogP contribution >= 0.6 is 12.4 Å². The summed E-state index contributed by atoms with van der Waals surface area (Å²) in [6.07, 6.45) is 1.45. The fraction of sp³-hybridized carbons (Fsp3) is 0.111. The first-order valence-electron chi connectivity index (χ1n) is 4.48. The average Bonchev–Trinajstić information content (AvgIpc) is 2.81. The van der Waals surface area contributed by atoms with Crippen LogP contribution in [0.5, 0.6) is 5.75 Å². The van der Waals surface area contributed by atoms with Gasteiger partial charge >= 0.3 is 0 Å². The summed E-state index contributed by atoms with van der Waals surface area (Å²) in [4.78, 5) is 0. The van der Waals surface area contributed by atoms with E-state index in [1.54, 1.807) is 25.3 Å². The van der Waals surface area contributed by atoms with E-state index >= 15 is 0 Å². The maximum Gasteiger partial charge on any atom is 0.144 e. The molecule has 17 heavy (non-hydrogen) atoms. The van der Waals surface area contributed by atoms with Gasteiger partial charge in [-0.2, -0.15) is 4.68 Å². The van der Waals surface area contributed by atoms with Gasteiger partial charge in [-0.1, -0.05) is 0 Å². The van der Waals surface area contributed by atoms with Crippen LogP contribution in [0.4, 0.5) is 0 Å². The van der Waals surface area contributed by atoms with Crippen LogP contribution in [0.1, 0.15) is 5.56 Å². The number of ether oxygens (including phenoxy) is 1. The predicted molar refractivity (Wildman–Crippen MR) is 64.0 cm³/mol. The highest BCUT2D eigenvalue weighted by Gasteiger charge is 2.08. The SMILES string of the molecule is COc1ccc(C(=N)N)cc1-n1cnnn1.Cl. The first kappa shape index (κ1) is 12.9. The van der Waals surface area contributed by atoms with E-state index in [1.165, 1.54) is 11.0 Å². The van der Waals surface area contributed by atoms with E-state index in [4.69, 9.17) is 15.9 Å². The Bertz CT molecular complexity index is 512. The summed E-state index contributed by atoms with van der Waals surface area (Å²) >= 11 is 0. The van der Waals surface area contributed by atoms with Crippen LogP contribution in [0.15, 0.2) is 24.5 Å². The van der Waals surface area contributed by atoms with Gasteiger partial charge in [0.05, 0.1) is 7.11 Å². The number of tetrazole rings is 1. The molecule has 0 amide bonds. The molecule has 0 fully saturated rings. The second kappa shape index (κ2) is 5.26. The fourth-order valence-electron chi connectivity index (χ4n) is 1.31. The predicted octanol–water partition coefficient (Wildman–Crippen LogP) is 0.377. The van der Waals surface area contributed by atoms with E-state index in [-0.39, 0.29) is 18.2 Å². The molecular weight excluding hydrogens is 244 g/mol. The molecule has 7 nitrogen and oxygen atoms in total. The lowest BCUT2D eigenvalue weighted by molar-refractivity contribution is 0.411. The maximum absolute atomic E-state index is 7.36. The van der Waals surface area contributed by atoms with Crippen LogP contribution in [0.3, 0.4) is 0 Å². The molecule has 3 N–H and O–H groups in total. The van der Waals surface area contributed by atoms with Gasteiger partial charge in [0, 0.05) is 5.56 Å². The highest BCUT2D eigenvalue weighted by Crippen LogP contribution is 2.22. The van der Waals surface area contributed by atoms with Crippen molar-refractivity contribution in [2.75, 3.05) is 7.11 Å². The Morgan fingerprint density at radius 2 is 2.24 bits per heavy atom. The number of aromatic nitrogens is 4. The number of benzene rings is 1. The van der Waals surface area contributed by atoms with Crippen molar-refractivity contribution in [1.82, 2.24) is 20.2 Å². The van der Waals surface area contributed by atoms with E-state index in [0.29, 0.717) is 17.0 Å². The third kappa shape index (κ3) is 2.51.